The van der Waals surface area contributed by atoms with Crippen molar-refractivity contribution in [1.29, 1.82) is 0 Å². The SMILES string of the molecule is COc1ccc2c3c1OC1C(F)(F)CC[C@H]4[C@@H](C2)N(C)CC[C@]314.Cl. The van der Waals surface area contributed by atoms with E-state index in [9.17, 15) is 8.78 Å². The van der Waals surface area contributed by atoms with Crippen LogP contribution in [-0.2, 0) is 11.8 Å². The zero-order valence-corrected chi connectivity index (χ0v) is 14.7. The van der Waals surface area contributed by atoms with E-state index in [1.165, 1.54) is 5.56 Å². The van der Waals surface area contributed by atoms with Crippen LogP contribution in [0.5, 0.6) is 11.5 Å². The number of piperidine rings is 1. The summed E-state index contributed by atoms with van der Waals surface area (Å²) >= 11 is 0. The molecule has 0 aromatic heterocycles. The number of ether oxygens (including phenoxy) is 2. The van der Waals surface area contributed by atoms with Crippen molar-refractivity contribution in [2.24, 2.45) is 5.92 Å². The number of nitrogens with zero attached hydrogens (tertiary/aromatic N) is 1. The average Bonchev–Trinajstić information content (AvgIpc) is 2.88. The number of likely N-dealkylation sites (N-methyl/N-ethyl adjacent to an activating group) is 1. The Balaban J connectivity index is 0.00000146. The van der Waals surface area contributed by atoms with E-state index in [1.54, 1.807) is 7.11 Å². The van der Waals surface area contributed by atoms with Crippen LogP contribution in [0.3, 0.4) is 0 Å². The van der Waals surface area contributed by atoms with E-state index in [-0.39, 0.29) is 24.7 Å². The third-order valence-electron chi connectivity index (χ3n) is 6.77. The summed E-state index contributed by atoms with van der Waals surface area (Å²) in [6.45, 7) is 0.854. The molecule has 132 valence electrons. The first-order chi connectivity index (χ1) is 11.0. The summed E-state index contributed by atoms with van der Waals surface area (Å²) in [5.41, 5.74) is 1.68. The van der Waals surface area contributed by atoms with Crippen molar-refractivity contribution in [3.8, 4) is 11.5 Å². The van der Waals surface area contributed by atoms with E-state index in [0.717, 1.165) is 24.9 Å². The molecule has 4 aliphatic rings. The van der Waals surface area contributed by atoms with Crippen LogP contribution in [0.25, 0.3) is 0 Å². The summed E-state index contributed by atoms with van der Waals surface area (Å²) < 4.78 is 41.0. The van der Waals surface area contributed by atoms with E-state index in [4.69, 9.17) is 9.47 Å². The highest BCUT2D eigenvalue weighted by Crippen LogP contribution is 2.66. The van der Waals surface area contributed by atoms with Gasteiger partial charge < -0.3 is 14.4 Å². The summed E-state index contributed by atoms with van der Waals surface area (Å²) in [6.07, 6.45) is 1.16. The molecule has 6 heteroatoms. The Labute approximate surface area is 146 Å². The molecule has 0 radical (unpaired) electrons. The number of rotatable bonds is 1. The van der Waals surface area contributed by atoms with Gasteiger partial charge in [0.1, 0.15) is 0 Å². The molecule has 1 spiro atoms. The van der Waals surface area contributed by atoms with Gasteiger partial charge in [-0.25, -0.2) is 8.78 Å². The van der Waals surface area contributed by atoms with Crippen LogP contribution in [-0.4, -0.2) is 43.7 Å². The highest BCUT2D eigenvalue weighted by atomic mass is 35.5. The fraction of sp³-hybridized carbons (Fsp3) is 0.667. The lowest BCUT2D eigenvalue weighted by atomic mass is 9.51. The molecule has 4 atom stereocenters. The zero-order chi connectivity index (χ0) is 16.0. The lowest BCUT2D eigenvalue weighted by Gasteiger charge is -2.58. The summed E-state index contributed by atoms with van der Waals surface area (Å²) in [4.78, 5) is 2.36. The monoisotopic (exact) mass is 357 g/mol. The van der Waals surface area contributed by atoms with Crippen LogP contribution >= 0.6 is 12.4 Å². The molecular weight excluding hydrogens is 336 g/mol. The second-order valence-electron chi connectivity index (χ2n) is 7.58. The average molecular weight is 358 g/mol. The Kier molecular flexibility index (Phi) is 3.40. The molecule has 1 aromatic carbocycles. The predicted octanol–water partition coefficient (Wildman–Crippen LogP) is 3.42. The van der Waals surface area contributed by atoms with Gasteiger partial charge in [-0.1, -0.05) is 6.07 Å². The number of methoxy groups -OCH3 is 1. The van der Waals surface area contributed by atoms with Gasteiger partial charge >= 0.3 is 0 Å². The van der Waals surface area contributed by atoms with Crippen molar-refractivity contribution in [1.82, 2.24) is 4.90 Å². The molecule has 1 saturated carbocycles. The van der Waals surface area contributed by atoms with E-state index in [1.807, 2.05) is 6.07 Å². The molecule has 2 fully saturated rings. The number of halogens is 3. The lowest BCUT2D eigenvalue weighted by Crippen LogP contribution is -2.67. The molecule has 5 rings (SSSR count). The fourth-order valence-electron chi connectivity index (χ4n) is 5.83. The van der Waals surface area contributed by atoms with Gasteiger partial charge in [-0.15, -0.1) is 12.4 Å². The molecule has 3 nitrogen and oxygen atoms in total. The van der Waals surface area contributed by atoms with Crippen molar-refractivity contribution in [2.75, 3.05) is 20.7 Å². The summed E-state index contributed by atoms with van der Waals surface area (Å²) in [5, 5.41) is 0. The molecular formula is C18H22ClF2NO2. The molecule has 2 heterocycles. The molecule has 0 N–H and O–H groups in total. The number of alkyl halides is 2. The Bertz CT molecular complexity index is 698. The maximum absolute atomic E-state index is 14.8. The fourth-order valence-corrected chi connectivity index (χ4v) is 5.83. The van der Waals surface area contributed by atoms with Gasteiger partial charge in [-0.3, -0.25) is 0 Å². The first-order valence-corrected chi connectivity index (χ1v) is 8.44. The molecule has 2 aliphatic heterocycles. The second kappa shape index (κ2) is 4.98. The minimum absolute atomic E-state index is 0. The van der Waals surface area contributed by atoms with E-state index in [0.29, 0.717) is 24.0 Å². The molecule has 1 aromatic rings. The molecule has 0 amide bonds. The quantitative estimate of drug-likeness (QED) is 0.768. The van der Waals surface area contributed by atoms with Crippen molar-refractivity contribution >= 4 is 12.4 Å². The predicted molar refractivity (Wildman–Crippen MR) is 88.7 cm³/mol. The first-order valence-electron chi connectivity index (χ1n) is 8.44. The molecule has 1 saturated heterocycles. The number of hydrogen-bond donors (Lipinski definition) is 0. The third-order valence-corrected chi connectivity index (χ3v) is 6.77. The number of likely N-dealkylation sites (tertiary alicyclic amines) is 1. The summed E-state index contributed by atoms with van der Waals surface area (Å²) in [5.74, 6) is -1.33. The third kappa shape index (κ3) is 1.70. The van der Waals surface area contributed by atoms with Gasteiger partial charge in [0.05, 0.1) is 7.11 Å². The van der Waals surface area contributed by atoms with Crippen LogP contribution in [0.4, 0.5) is 8.78 Å². The Morgan fingerprint density at radius 1 is 1.29 bits per heavy atom. The first kappa shape index (κ1) is 16.4. The normalized spacial score (nSPS) is 37.9. The van der Waals surface area contributed by atoms with Gasteiger partial charge in [0, 0.05) is 23.4 Å². The zero-order valence-electron chi connectivity index (χ0n) is 13.9. The van der Waals surface area contributed by atoms with Crippen molar-refractivity contribution in [3.05, 3.63) is 23.3 Å². The van der Waals surface area contributed by atoms with Crippen molar-refractivity contribution in [3.63, 3.8) is 0 Å². The van der Waals surface area contributed by atoms with Crippen LogP contribution in [0.1, 0.15) is 30.4 Å². The van der Waals surface area contributed by atoms with Gasteiger partial charge in [-0.05, 0) is 50.4 Å². The molecule has 1 unspecified atom stereocenters. The molecule has 2 aliphatic carbocycles. The Hall–Kier alpha value is -1.07. The largest absolute Gasteiger partial charge is 0.493 e. The van der Waals surface area contributed by atoms with Crippen LogP contribution < -0.4 is 9.47 Å². The van der Waals surface area contributed by atoms with Crippen LogP contribution in [0.15, 0.2) is 12.1 Å². The van der Waals surface area contributed by atoms with Gasteiger partial charge in [0.15, 0.2) is 17.6 Å². The van der Waals surface area contributed by atoms with E-state index < -0.39 is 17.4 Å². The van der Waals surface area contributed by atoms with Gasteiger partial charge in [-0.2, -0.15) is 0 Å². The van der Waals surface area contributed by atoms with Gasteiger partial charge in [0.25, 0.3) is 5.92 Å². The highest BCUT2D eigenvalue weighted by molar-refractivity contribution is 5.85. The standard InChI is InChI=1S/C18H21F2NO2.ClH/c1-21-8-7-17-11-5-6-18(19,20)16(17)23-15-13(22-2)4-3-10(14(15)17)9-12(11)21;/h3-4,11-12,16H,5-9H2,1-2H3;1H/t11-,12+,16?,17-;/m0./s1. The van der Waals surface area contributed by atoms with Crippen LogP contribution in [0.2, 0.25) is 0 Å². The van der Waals surface area contributed by atoms with E-state index >= 15 is 0 Å². The lowest BCUT2D eigenvalue weighted by molar-refractivity contribution is -0.180. The topological polar surface area (TPSA) is 21.7 Å². The van der Waals surface area contributed by atoms with Crippen molar-refractivity contribution in [2.45, 2.75) is 49.2 Å². The van der Waals surface area contributed by atoms with Gasteiger partial charge in [0.2, 0.25) is 0 Å². The van der Waals surface area contributed by atoms with E-state index in [2.05, 4.69) is 18.0 Å². The molecule has 2 bridgehead atoms. The minimum Gasteiger partial charge on any atom is -0.493 e. The van der Waals surface area contributed by atoms with Crippen LogP contribution in [0, 0.1) is 5.92 Å². The Morgan fingerprint density at radius 2 is 2.08 bits per heavy atom. The highest BCUT2D eigenvalue weighted by Gasteiger charge is 2.70. The minimum atomic E-state index is -2.77. The maximum Gasteiger partial charge on any atom is 0.285 e. The summed E-state index contributed by atoms with van der Waals surface area (Å²) in [7, 11) is 3.71. The smallest absolute Gasteiger partial charge is 0.285 e. The summed E-state index contributed by atoms with van der Waals surface area (Å²) in [6, 6.07) is 4.27. The molecule has 24 heavy (non-hydrogen) atoms. The number of hydrogen-bond acceptors (Lipinski definition) is 3. The Morgan fingerprint density at radius 3 is 2.83 bits per heavy atom. The maximum atomic E-state index is 14.8. The second-order valence-corrected chi connectivity index (χ2v) is 7.58. The van der Waals surface area contributed by atoms with Crippen molar-refractivity contribution < 1.29 is 18.3 Å². The number of benzene rings is 1.